The molecule has 9 heteroatoms. The summed E-state index contributed by atoms with van der Waals surface area (Å²) < 4.78 is 6.00. The molecule has 0 saturated carbocycles. The summed E-state index contributed by atoms with van der Waals surface area (Å²) in [6.45, 7) is 0. The number of rotatable bonds is 4. The predicted molar refractivity (Wildman–Crippen MR) is 102 cm³/mol. The molecule has 6 nitrogen and oxygen atoms in total. The molecule has 2 aromatic carbocycles. The molecule has 2 N–H and O–H groups in total. The summed E-state index contributed by atoms with van der Waals surface area (Å²) in [5, 5.41) is 6.75. The van der Waals surface area contributed by atoms with Crippen LogP contribution in [-0.4, -0.2) is 25.1 Å². The van der Waals surface area contributed by atoms with E-state index in [0.717, 1.165) is 4.47 Å². The SMILES string of the molecule is COc1ccc(Br)cc1/C=N\NC(=O)C(=O)Nc1ccc(Cl)c(Cl)c1. The van der Waals surface area contributed by atoms with Gasteiger partial charge in [0.2, 0.25) is 0 Å². The smallest absolute Gasteiger partial charge is 0.329 e. The van der Waals surface area contributed by atoms with E-state index in [9.17, 15) is 9.59 Å². The highest BCUT2D eigenvalue weighted by atomic mass is 79.9. The zero-order chi connectivity index (χ0) is 18.4. The molecular weight excluding hydrogens is 433 g/mol. The topological polar surface area (TPSA) is 79.8 Å². The van der Waals surface area contributed by atoms with Crippen molar-refractivity contribution in [1.82, 2.24) is 5.43 Å². The van der Waals surface area contributed by atoms with Crippen molar-refractivity contribution in [3.05, 3.63) is 56.5 Å². The van der Waals surface area contributed by atoms with Crippen LogP contribution in [-0.2, 0) is 9.59 Å². The van der Waals surface area contributed by atoms with E-state index in [1.165, 1.54) is 31.5 Å². The predicted octanol–water partition coefficient (Wildman–Crippen LogP) is 3.85. The first-order valence-electron chi connectivity index (χ1n) is 6.83. The summed E-state index contributed by atoms with van der Waals surface area (Å²) in [5.74, 6) is -1.26. The number of carbonyl (C=O) groups excluding carboxylic acids is 2. The largest absolute Gasteiger partial charge is 0.496 e. The summed E-state index contributed by atoms with van der Waals surface area (Å²) in [6.07, 6.45) is 1.37. The second kappa shape index (κ2) is 8.84. The number of hydrazone groups is 1. The van der Waals surface area contributed by atoms with Crippen molar-refractivity contribution in [3.63, 3.8) is 0 Å². The molecule has 0 fully saturated rings. The van der Waals surface area contributed by atoms with Gasteiger partial charge in [-0.15, -0.1) is 0 Å². The quantitative estimate of drug-likeness (QED) is 0.427. The Labute approximate surface area is 162 Å². The summed E-state index contributed by atoms with van der Waals surface area (Å²) in [7, 11) is 1.52. The van der Waals surface area contributed by atoms with E-state index in [2.05, 4.69) is 31.8 Å². The Morgan fingerprint density at radius 1 is 1.12 bits per heavy atom. The van der Waals surface area contributed by atoms with Gasteiger partial charge in [-0.3, -0.25) is 9.59 Å². The van der Waals surface area contributed by atoms with Gasteiger partial charge in [0, 0.05) is 15.7 Å². The van der Waals surface area contributed by atoms with Gasteiger partial charge in [-0.05, 0) is 36.4 Å². The molecule has 2 amide bonds. The first-order valence-corrected chi connectivity index (χ1v) is 8.38. The van der Waals surface area contributed by atoms with Gasteiger partial charge in [-0.1, -0.05) is 39.1 Å². The normalized spacial score (nSPS) is 10.6. The van der Waals surface area contributed by atoms with Gasteiger partial charge >= 0.3 is 11.8 Å². The minimum absolute atomic E-state index is 0.264. The molecule has 25 heavy (non-hydrogen) atoms. The van der Waals surface area contributed by atoms with E-state index in [-0.39, 0.29) is 5.02 Å². The van der Waals surface area contributed by atoms with Crippen molar-refractivity contribution in [2.24, 2.45) is 5.10 Å². The van der Waals surface area contributed by atoms with Gasteiger partial charge in [0.15, 0.2) is 0 Å². The fraction of sp³-hybridized carbons (Fsp3) is 0.0625. The van der Waals surface area contributed by atoms with Crippen LogP contribution in [0.4, 0.5) is 5.69 Å². The molecule has 0 bridgehead atoms. The van der Waals surface area contributed by atoms with Gasteiger partial charge in [0.25, 0.3) is 0 Å². The second-order valence-corrected chi connectivity index (χ2v) is 6.40. The molecule has 0 heterocycles. The molecule has 2 aromatic rings. The van der Waals surface area contributed by atoms with Gasteiger partial charge < -0.3 is 10.1 Å². The summed E-state index contributed by atoms with van der Waals surface area (Å²) in [4.78, 5) is 23.6. The number of anilines is 1. The molecule has 0 aliphatic heterocycles. The van der Waals surface area contributed by atoms with Crippen molar-refractivity contribution in [3.8, 4) is 5.75 Å². The van der Waals surface area contributed by atoms with Crippen LogP contribution in [0, 0.1) is 0 Å². The molecule has 0 unspecified atom stereocenters. The highest BCUT2D eigenvalue weighted by Gasteiger charge is 2.13. The number of nitrogens with one attached hydrogen (secondary N) is 2. The van der Waals surface area contributed by atoms with E-state index >= 15 is 0 Å². The molecule has 2 rings (SSSR count). The third-order valence-electron chi connectivity index (χ3n) is 2.95. The van der Waals surface area contributed by atoms with Gasteiger partial charge in [-0.25, -0.2) is 5.43 Å². The lowest BCUT2D eigenvalue weighted by Gasteiger charge is -2.06. The zero-order valence-electron chi connectivity index (χ0n) is 12.8. The number of amides is 2. The molecule has 0 spiro atoms. The minimum Gasteiger partial charge on any atom is -0.496 e. The fourth-order valence-electron chi connectivity index (χ4n) is 1.78. The highest BCUT2D eigenvalue weighted by Crippen LogP contribution is 2.25. The van der Waals surface area contributed by atoms with Crippen LogP contribution >= 0.6 is 39.1 Å². The Morgan fingerprint density at radius 3 is 2.56 bits per heavy atom. The molecule has 0 aromatic heterocycles. The van der Waals surface area contributed by atoms with Crippen molar-refractivity contribution >= 4 is 62.8 Å². The van der Waals surface area contributed by atoms with Crippen molar-refractivity contribution in [2.75, 3.05) is 12.4 Å². The lowest BCUT2D eigenvalue weighted by atomic mass is 10.2. The number of hydrogen-bond donors (Lipinski definition) is 2. The lowest BCUT2D eigenvalue weighted by Crippen LogP contribution is -2.32. The van der Waals surface area contributed by atoms with Crippen molar-refractivity contribution in [1.29, 1.82) is 0 Å². The summed E-state index contributed by atoms with van der Waals surface area (Å²) in [5.41, 5.74) is 3.10. The van der Waals surface area contributed by atoms with Gasteiger partial charge in [-0.2, -0.15) is 5.10 Å². The molecule has 0 radical (unpaired) electrons. The first kappa shape index (κ1) is 19.2. The number of methoxy groups -OCH3 is 1. The minimum atomic E-state index is -0.934. The van der Waals surface area contributed by atoms with Gasteiger partial charge in [0.1, 0.15) is 5.75 Å². The number of carbonyl (C=O) groups is 2. The second-order valence-electron chi connectivity index (χ2n) is 4.67. The summed E-state index contributed by atoms with van der Waals surface area (Å²) >= 11 is 15.0. The Hall–Kier alpha value is -2.09. The highest BCUT2D eigenvalue weighted by molar-refractivity contribution is 9.10. The Bertz CT molecular complexity index is 843. The fourth-order valence-corrected chi connectivity index (χ4v) is 2.46. The van der Waals surface area contributed by atoms with Crippen LogP contribution in [0.1, 0.15) is 5.56 Å². The average molecular weight is 445 g/mol. The third kappa shape index (κ3) is 5.45. The van der Waals surface area contributed by atoms with Crippen molar-refractivity contribution < 1.29 is 14.3 Å². The molecule has 0 aliphatic carbocycles. The molecule has 0 aliphatic rings. The van der Waals surface area contributed by atoms with Gasteiger partial charge in [0.05, 0.1) is 23.4 Å². The number of benzene rings is 2. The number of nitrogens with zero attached hydrogens (tertiary/aromatic N) is 1. The average Bonchev–Trinajstić information content (AvgIpc) is 2.58. The van der Waals surface area contributed by atoms with E-state index in [1.807, 2.05) is 0 Å². The number of hydrogen-bond acceptors (Lipinski definition) is 4. The van der Waals surface area contributed by atoms with Crippen LogP contribution in [0.25, 0.3) is 0 Å². The van der Waals surface area contributed by atoms with E-state index in [1.54, 1.807) is 18.2 Å². The maximum absolute atomic E-state index is 11.8. The molecule has 130 valence electrons. The maximum atomic E-state index is 11.8. The van der Waals surface area contributed by atoms with E-state index in [4.69, 9.17) is 27.9 Å². The Balaban J connectivity index is 1.98. The summed E-state index contributed by atoms with van der Waals surface area (Å²) in [6, 6.07) is 9.77. The molecule has 0 atom stereocenters. The van der Waals surface area contributed by atoms with E-state index < -0.39 is 11.8 Å². The Morgan fingerprint density at radius 2 is 1.88 bits per heavy atom. The van der Waals surface area contributed by atoms with Crippen LogP contribution in [0.2, 0.25) is 10.0 Å². The molecule has 0 saturated heterocycles. The van der Waals surface area contributed by atoms with E-state index in [0.29, 0.717) is 22.0 Å². The third-order valence-corrected chi connectivity index (χ3v) is 4.18. The van der Waals surface area contributed by atoms with Crippen LogP contribution < -0.4 is 15.5 Å². The standard InChI is InChI=1S/C16H12BrCl2N3O3/c1-25-14-5-2-10(17)6-9(14)8-20-22-16(24)15(23)21-11-3-4-12(18)13(19)7-11/h2-8H,1H3,(H,21,23)(H,22,24)/b20-8-. The zero-order valence-corrected chi connectivity index (χ0v) is 15.9. The number of ether oxygens (including phenoxy) is 1. The number of halogens is 3. The van der Waals surface area contributed by atoms with Crippen LogP contribution in [0.3, 0.4) is 0 Å². The monoisotopic (exact) mass is 443 g/mol. The molecular formula is C16H12BrCl2N3O3. The first-order chi connectivity index (χ1) is 11.9. The van der Waals surface area contributed by atoms with Crippen molar-refractivity contribution in [2.45, 2.75) is 0 Å². The van der Waals surface area contributed by atoms with Crippen LogP contribution in [0.15, 0.2) is 46.0 Å². The Kier molecular flexibility index (Phi) is 6.81. The maximum Gasteiger partial charge on any atom is 0.329 e. The van der Waals surface area contributed by atoms with Crippen LogP contribution in [0.5, 0.6) is 5.75 Å². The lowest BCUT2D eigenvalue weighted by molar-refractivity contribution is -0.136.